The third-order valence-electron chi connectivity index (χ3n) is 3.94. The summed E-state index contributed by atoms with van der Waals surface area (Å²) in [5, 5.41) is 3.41. The smallest absolute Gasteiger partial charge is 0.245 e. The lowest BCUT2D eigenvalue weighted by Crippen LogP contribution is -2.22. The maximum atomic E-state index is 13.3. The van der Waals surface area contributed by atoms with Crippen molar-refractivity contribution in [2.75, 3.05) is 0 Å². The van der Waals surface area contributed by atoms with Crippen LogP contribution in [0.2, 0.25) is 0 Å². The Kier molecular flexibility index (Phi) is 3.15. The number of aryl methyl sites for hydroxylation is 1. The van der Waals surface area contributed by atoms with E-state index >= 15 is 0 Å². The highest BCUT2D eigenvalue weighted by molar-refractivity contribution is 5.89. The van der Waals surface area contributed by atoms with Gasteiger partial charge in [0.2, 0.25) is 11.7 Å². The van der Waals surface area contributed by atoms with Gasteiger partial charge in [-0.2, -0.15) is 5.10 Å². The zero-order valence-corrected chi connectivity index (χ0v) is 12.6. The Bertz CT molecular complexity index is 973. The normalized spacial score (nSPS) is 11.0. The first kappa shape index (κ1) is 13.6. The predicted octanol–water partition coefficient (Wildman–Crippen LogP) is 3.93. The van der Waals surface area contributed by atoms with Gasteiger partial charge in [-0.3, -0.25) is 4.98 Å². The summed E-state index contributed by atoms with van der Waals surface area (Å²) in [4.78, 5) is 4.10. The van der Waals surface area contributed by atoms with Gasteiger partial charge < -0.3 is 0 Å². The number of aromatic nitrogens is 3. The van der Waals surface area contributed by atoms with Gasteiger partial charge in [0.15, 0.2) is 0 Å². The molecule has 3 aromatic heterocycles. The molecular formula is C19H15FN3+. The van der Waals surface area contributed by atoms with E-state index in [1.807, 2.05) is 22.8 Å². The Hall–Kier alpha value is -3.01. The molecule has 0 aliphatic carbocycles. The number of nitrogens with zero attached hydrogens (tertiary/aromatic N) is 2. The zero-order valence-electron chi connectivity index (χ0n) is 12.6. The number of nitrogens with one attached hydrogen (secondary N) is 1. The summed E-state index contributed by atoms with van der Waals surface area (Å²) in [5.41, 5.74) is 6.29. The monoisotopic (exact) mass is 304 g/mol. The quantitative estimate of drug-likeness (QED) is 0.559. The van der Waals surface area contributed by atoms with Crippen molar-refractivity contribution in [3.8, 4) is 22.4 Å². The highest BCUT2D eigenvalue weighted by Gasteiger charge is 2.21. The standard InChI is InChI=1S/C19H14FN3/c1-13-2-7-17-18(14-8-10-21-11-9-14)19(22-23(17)12-13)15-3-5-16(20)6-4-15/h2-12H,1H3/p+1. The van der Waals surface area contributed by atoms with E-state index in [4.69, 9.17) is 0 Å². The molecule has 1 aromatic carbocycles. The molecule has 0 saturated carbocycles. The van der Waals surface area contributed by atoms with Crippen molar-refractivity contribution in [3.05, 3.63) is 78.5 Å². The summed E-state index contributed by atoms with van der Waals surface area (Å²) in [7, 11) is 0. The minimum Gasteiger partial charge on any atom is -0.265 e. The van der Waals surface area contributed by atoms with E-state index in [0.717, 1.165) is 33.5 Å². The molecule has 0 atom stereocenters. The van der Waals surface area contributed by atoms with Gasteiger partial charge in [-0.25, -0.2) is 4.39 Å². The molecule has 0 radical (unpaired) electrons. The third-order valence-corrected chi connectivity index (χ3v) is 3.94. The fourth-order valence-corrected chi connectivity index (χ4v) is 2.84. The first-order chi connectivity index (χ1) is 11.2. The molecule has 23 heavy (non-hydrogen) atoms. The molecule has 0 bridgehead atoms. The van der Waals surface area contributed by atoms with E-state index < -0.39 is 0 Å². The van der Waals surface area contributed by atoms with Crippen molar-refractivity contribution < 1.29 is 8.91 Å². The molecule has 3 heterocycles. The van der Waals surface area contributed by atoms with Gasteiger partial charge in [-0.1, -0.05) is 4.52 Å². The van der Waals surface area contributed by atoms with Gasteiger partial charge in [0.05, 0.1) is 5.56 Å². The Labute approximate surface area is 133 Å². The van der Waals surface area contributed by atoms with E-state index in [2.05, 4.69) is 29.1 Å². The molecule has 3 nitrogen and oxygen atoms in total. The average Bonchev–Trinajstić information content (AvgIpc) is 2.94. The second kappa shape index (κ2) is 5.32. The molecule has 4 heteroatoms. The third kappa shape index (κ3) is 2.38. The van der Waals surface area contributed by atoms with Crippen molar-refractivity contribution in [1.29, 1.82) is 0 Å². The van der Waals surface area contributed by atoms with Gasteiger partial charge in [0.25, 0.3) is 0 Å². The highest BCUT2D eigenvalue weighted by atomic mass is 19.1. The van der Waals surface area contributed by atoms with E-state index in [9.17, 15) is 4.39 Å². The van der Waals surface area contributed by atoms with Gasteiger partial charge >= 0.3 is 0 Å². The Balaban J connectivity index is 2.04. The van der Waals surface area contributed by atoms with E-state index in [0.29, 0.717) is 0 Å². The number of hydrogen-bond acceptors (Lipinski definition) is 1. The molecular weight excluding hydrogens is 289 g/mol. The first-order valence-electron chi connectivity index (χ1n) is 7.43. The molecule has 0 fully saturated rings. The molecule has 112 valence electrons. The maximum Gasteiger partial charge on any atom is 0.245 e. The van der Waals surface area contributed by atoms with Crippen LogP contribution in [-0.2, 0) is 0 Å². The van der Waals surface area contributed by atoms with Gasteiger partial charge in [0.1, 0.15) is 11.5 Å². The molecule has 0 saturated heterocycles. The van der Waals surface area contributed by atoms with E-state index in [1.165, 1.54) is 12.1 Å². The number of benzene rings is 1. The molecule has 0 amide bonds. The lowest BCUT2D eigenvalue weighted by atomic mass is 10.0. The van der Waals surface area contributed by atoms with Crippen molar-refractivity contribution in [3.63, 3.8) is 0 Å². The summed E-state index contributed by atoms with van der Waals surface area (Å²) >= 11 is 0. The van der Waals surface area contributed by atoms with Crippen LogP contribution in [0.3, 0.4) is 0 Å². The first-order valence-corrected chi connectivity index (χ1v) is 7.43. The van der Waals surface area contributed by atoms with Gasteiger partial charge in [0, 0.05) is 29.6 Å². The van der Waals surface area contributed by atoms with Crippen LogP contribution in [0.4, 0.5) is 4.39 Å². The maximum absolute atomic E-state index is 13.3. The van der Waals surface area contributed by atoms with Crippen LogP contribution >= 0.6 is 0 Å². The Morgan fingerprint density at radius 1 is 0.913 bits per heavy atom. The van der Waals surface area contributed by atoms with E-state index in [-0.39, 0.29) is 5.82 Å². The van der Waals surface area contributed by atoms with Crippen molar-refractivity contribution in [2.45, 2.75) is 6.92 Å². The zero-order chi connectivity index (χ0) is 15.8. The summed E-state index contributed by atoms with van der Waals surface area (Å²) in [6.45, 7) is 2.05. The number of fused-ring (bicyclic) bond motifs is 1. The lowest BCUT2D eigenvalue weighted by molar-refractivity contribution is -0.576. The molecule has 0 aliphatic heterocycles. The lowest BCUT2D eigenvalue weighted by Gasteiger charge is -2.01. The van der Waals surface area contributed by atoms with Crippen molar-refractivity contribution in [1.82, 2.24) is 10.1 Å². The largest absolute Gasteiger partial charge is 0.265 e. The Morgan fingerprint density at radius 3 is 2.39 bits per heavy atom. The molecule has 0 aliphatic rings. The van der Waals surface area contributed by atoms with Crippen LogP contribution in [-0.4, -0.2) is 10.1 Å². The number of H-pyrrole nitrogens is 1. The number of rotatable bonds is 2. The van der Waals surface area contributed by atoms with Gasteiger partial charge in [-0.05, 0) is 55.0 Å². The fourth-order valence-electron chi connectivity index (χ4n) is 2.84. The second-order valence-corrected chi connectivity index (χ2v) is 5.57. The van der Waals surface area contributed by atoms with Crippen LogP contribution in [0.5, 0.6) is 0 Å². The summed E-state index contributed by atoms with van der Waals surface area (Å²) in [6.07, 6.45) is 5.61. The van der Waals surface area contributed by atoms with Gasteiger partial charge in [-0.15, -0.1) is 0 Å². The number of hydrogen-bond donors (Lipinski definition) is 1. The molecule has 0 unspecified atom stereocenters. The molecule has 1 N–H and O–H groups in total. The second-order valence-electron chi connectivity index (χ2n) is 5.57. The molecule has 0 spiro atoms. The van der Waals surface area contributed by atoms with E-state index in [1.54, 1.807) is 24.5 Å². The predicted molar refractivity (Wildman–Crippen MR) is 87.3 cm³/mol. The highest BCUT2D eigenvalue weighted by Crippen LogP contribution is 2.32. The minimum atomic E-state index is -0.237. The van der Waals surface area contributed by atoms with Crippen LogP contribution < -0.4 is 4.52 Å². The van der Waals surface area contributed by atoms with Crippen molar-refractivity contribution >= 4 is 5.52 Å². The molecule has 4 aromatic rings. The SMILES string of the molecule is Cc1ccc2c(-c3ccncc3)c(-c3ccc(F)cc3)[nH][n+]2c1. The number of aromatic amines is 1. The molecule has 4 rings (SSSR count). The summed E-state index contributed by atoms with van der Waals surface area (Å²) in [6, 6.07) is 14.7. The number of pyridine rings is 2. The number of halogens is 1. The van der Waals surface area contributed by atoms with Crippen molar-refractivity contribution in [2.24, 2.45) is 0 Å². The average molecular weight is 304 g/mol. The minimum absolute atomic E-state index is 0.237. The summed E-state index contributed by atoms with van der Waals surface area (Å²) < 4.78 is 15.3. The van der Waals surface area contributed by atoms with Crippen LogP contribution in [0.1, 0.15) is 5.56 Å². The Morgan fingerprint density at radius 2 is 1.65 bits per heavy atom. The van der Waals surface area contributed by atoms with Crippen LogP contribution in [0, 0.1) is 12.7 Å². The van der Waals surface area contributed by atoms with Crippen LogP contribution in [0.15, 0.2) is 67.1 Å². The fraction of sp³-hybridized carbons (Fsp3) is 0.0526. The topological polar surface area (TPSA) is 32.8 Å². The van der Waals surface area contributed by atoms with Crippen LogP contribution in [0.25, 0.3) is 27.9 Å². The summed E-state index contributed by atoms with van der Waals surface area (Å²) in [5.74, 6) is -0.237.